The Morgan fingerprint density at radius 2 is 2.25 bits per heavy atom. The molecule has 16 heavy (non-hydrogen) atoms. The monoisotopic (exact) mass is 244 g/mol. The fourth-order valence-corrected chi connectivity index (χ4v) is 2.42. The molecule has 0 aromatic carbocycles. The molecule has 1 aromatic heterocycles. The average molecular weight is 244 g/mol. The minimum Gasteiger partial charge on any atom is -0.479 e. The van der Waals surface area contributed by atoms with E-state index in [1.165, 1.54) is 0 Å². The Labute approximate surface area is 98.5 Å². The highest BCUT2D eigenvalue weighted by Crippen LogP contribution is 2.28. The van der Waals surface area contributed by atoms with Gasteiger partial charge in [-0.2, -0.15) is 0 Å². The van der Waals surface area contributed by atoms with Gasteiger partial charge in [0.2, 0.25) is 0 Å². The number of aliphatic hydroxyl groups excluding tert-OH is 1. The van der Waals surface area contributed by atoms with Crippen LogP contribution in [0.25, 0.3) is 0 Å². The summed E-state index contributed by atoms with van der Waals surface area (Å²) in [5, 5.41) is 17.7. The van der Waals surface area contributed by atoms with Gasteiger partial charge in [-0.15, -0.1) is 11.3 Å². The first-order valence-corrected chi connectivity index (χ1v) is 5.90. The second-order valence-corrected chi connectivity index (χ2v) is 5.00. The van der Waals surface area contributed by atoms with Crippen molar-refractivity contribution in [2.75, 3.05) is 13.2 Å². The molecule has 1 rings (SSSR count). The first kappa shape index (κ1) is 13.2. The fraction of sp³-hybridized carbons (Fsp3) is 0.545. The Morgan fingerprint density at radius 1 is 1.56 bits per heavy atom. The number of hydrogen-bond acceptors (Lipinski definition) is 4. The van der Waals surface area contributed by atoms with Crippen LogP contribution in [0.3, 0.4) is 0 Å². The van der Waals surface area contributed by atoms with Gasteiger partial charge in [0.25, 0.3) is 0 Å². The SMILES string of the molecule is Cc1cc(C(OCCCO)C(=O)O)c(C)s1. The maximum absolute atomic E-state index is 11.1. The van der Waals surface area contributed by atoms with Crippen molar-refractivity contribution in [2.24, 2.45) is 0 Å². The van der Waals surface area contributed by atoms with Gasteiger partial charge < -0.3 is 14.9 Å². The molecule has 0 radical (unpaired) electrons. The standard InChI is InChI=1S/C11H16O4S/c1-7-6-9(8(2)16-7)10(11(13)14)15-5-3-4-12/h6,10,12H,3-5H2,1-2H3,(H,13,14). The lowest BCUT2D eigenvalue weighted by Crippen LogP contribution is -2.16. The number of aryl methyl sites for hydroxylation is 2. The zero-order valence-electron chi connectivity index (χ0n) is 9.40. The molecule has 2 N–H and O–H groups in total. The van der Waals surface area contributed by atoms with Crippen molar-refractivity contribution in [1.29, 1.82) is 0 Å². The molecule has 0 aliphatic heterocycles. The molecule has 0 aliphatic carbocycles. The fourth-order valence-electron chi connectivity index (χ4n) is 1.47. The highest BCUT2D eigenvalue weighted by Gasteiger charge is 2.23. The molecule has 0 fully saturated rings. The van der Waals surface area contributed by atoms with Crippen molar-refractivity contribution in [2.45, 2.75) is 26.4 Å². The molecular weight excluding hydrogens is 228 g/mol. The third-order valence-electron chi connectivity index (χ3n) is 2.17. The number of carboxylic acids is 1. The van der Waals surface area contributed by atoms with E-state index in [2.05, 4.69) is 0 Å². The van der Waals surface area contributed by atoms with E-state index in [1.54, 1.807) is 11.3 Å². The highest BCUT2D eigenvalue weighted by molar-refractivity contribution is 7.12. The molecule has 0 saturated heterocycles. The zero-order chi connectivity index (χ0) is 12.1. The number of ether oxygens (including phenoxy) is 1. The third kappa shape index (κ3) is 3.30. The summed E-state index contributed by atoms with van der Waals surface area (Å²) in [7, 11) is 0. The molecule has 0 spiro atoms. The van der Waals surface area contributed by atoms with Crippen LogP contribution in [-0.4, -0.2) is 29.4 Å². The summed E-state index contributed by atoms with van der Waals surface area (Å²) in [6, 6.07) is 1.84. The highest BCUT2D eigenvalue weighted by atomic mass is 32.1. The van der Waals surface area contributed by atoms with Gasteiger partial charge in [-0.3, -0.25) is 0 Å². The largest absolute Gasteiger partial charge is 0.479 e. The molecule has 1 unspecified atom stereocenters. The second-order valence-electron chi connectivity index (χ2n) is 3.53. The van der Waals surface area contributed by atoms with E-state index in [-0.39, 0.29) is 13.2 Å². The Balaban J connectivity index is 2.77. The summed E-state index contributed by atoms with van der Waals surface area (Å²) < 4.78 is 5.27. The Morgan fingerprint density at radius 3 is 2.69 bits per heavy atom. The van der Waals surface area contributed by atoms with Crippen molar-refractivity contribution in [3.63, 3.8) is 0 Å². The van der Waals surface area contributed by atoms with Crippen LogP contribution < -0.4 is 0 Å². The number of thiophene rings is 1. The topological polar surface area (TPSA) is 66.8 Å². The van der Waals surface area contributed by atoms with Crippen LogP contribution in [0, 0.1) is 13.8 Å². The van der Waals surface area contributed by atoms with E-state index >= 15 is 0 Å². The first-order valence-electron chi connectivity index (χ1n) is 5.08. The number of rotatable bonds is 6. The Bertz CT molecular complexity index is 359. The molecule has 1 heterocycles. The van der Waals surface area contributed by atoms with Crippen LogP contribution in [0.2, 0.25) is 0 Å². The van der Waals surface area contributed by atoms with Crippen molar-refractivity contribution < 1.29 is 19.7 Å². The predicted molar refractivity (Wildman–Crippen MR) is 61.8 cm³/mol. The smallest absolute Gasteiger partial charge is 0.337 e. The van der Waals surface area contributed by atoms with Gasteiger partial charge in [0.15, 0.2) is 6.10 Å². The summed E-state index contributed by atoms with van der Waals surface area (Å²) in [4.78, 5) is 13.1. The predicted octanol–water partition coefficient (Wildman–Crippen LogP) is 1.89. The maximum Gasteiger partial charge on any atom is 0.337 e. The van der Waals surface area contributed by atoms with Crippen molar-refractivity contribution in [1.82, 2.24) is 0 Å². The molecular formula is C11H16O4S. The molecule has 4 nitrogen and oxygen atoms in total. The summed E-state index contributed by atoms with van der Waals surface area (Å²) >= 11 is 1.56. The molecule has 0 aliphatic rings. The summed E-state index contributed by atoms with van der Waals surface area (Å²) in [6.07, 6.45) is -0.470. The van der Waals surface area contributed by atoms with Crippen LogP contribution in [0.15, 0.2) is 6.07 Å². The Hall–Kier alpha value is -0.910. The van der Waals surface area contributed by atoms with Crippen LogP contribution in [0.4, 0.5) is 0 Å². The van der Waals surface area contributed by atoms with Crippen molar-refractivity contribution >= 4 is 17.3 Å². The number of aliphatic hydroxyl groups is 1. The lowest BCUT2D eigenvalue weighted by Gasteiger charge is -2.13. The average Bonchev–Trinajstić information content (AvgIpc) is 2.52. The lowest BCUT2D eigenvalue weighted by molar-refractivity contribution is -0.151. The molecule has 0 amide bonds. The third-order valence-corrected chi connectivity index (χ3v) is 3.15. The van der Waals surface area contributed by atoms with Crippen molar-refractivity contribution in [3.8, 4) is 0 Å². The maximum atomic E-state index is 11.1. The van der Waals surface area contributed by atoms with E-state index in [0.717, 1.165) is 9.75 Å². The molecule has 1 aromatic rings. The summed E-state index contributed by atoms with van der Waals surface area (Å²) in [6.45, 7) is 4.09. The number of carbonyl (C=O) groups is 1. The van der Waals surface area contributed by atoms with Crippen LogP contribution in [0.1, 0.15) is 27.8 Å². The minimum absolute atomic E-state index is 0.00792. The van der Waals surface area contributed by atoms with Crippen molar-refractivity contribution in [3.05, 3.63) is 21.4 Å². The van der Waals surface area contributed by atoms with Gasteiger partial charge in [0.05, 0.1) is 6.61 Å². The zero-order valence-corrected chi connectivity index (χ0v) is 10.2. The second kappa shape index (κ2) is 5.98. The van der Waals surface area contributed by atoms with Gasteiger partial charge >= 0.3 is 5.97 Å². The molecule has 0 saturated carbocycles. The van der Waals surface area contributed by atoms with Gasteiger partial charge in [-0.05, 0) is 26.3 Å². The van der Waals surface area contributed by atoms with Gasteiger partial charge in [-0.25, -0.2) is 4.79 Å². The summed E-state index contributed by atoms with van der Waals surface area (Å²) in [5.41, 5.74) is 0.716. The molecule has 90 valence electrons. The normalized spacial score (nSPS) is 12.7. The molecule has 0 bridgehead atoms. The molecule has 1 atom stereocenters. The van der Waals surface area contributed by atoms with Crippen LogP contribution in [0.5, 0.6) is 0 Å². The van der Waals surface area contributed by atoms with E-state index in [4.69, 9.17) is 14.9 Å². The summed E-state index contributed by atoms with van der Waals surface area (Å²) in [5.74, 6) is -0.987. The minimum atomic E-state index is -0.987. The van der Waals surface area contributed by atoms with Gasteiger partial charge in [-0.1, -0.05) is 0 Å². The van der Waals surface area contributed by atoms with Gasteiger partial charge in [0.1, 0.15) is 0 Å². The number of carboxylic acid groups (broad SMARTS) is 1. The molecule has 5 heteroatoms. The van der Waals surface area contributed by atoms with E-state index in [9.17, 15) is 4.79 Å². The lowest BCUT2D eigenvalue weighted by atomic mass is 10.1. The van der Waals surface area contributed by atoms with E-state index < -0.39 is 12.1 Å². The van der Waals surface area contributed by atoms with E-state index in [0.29, 0.717) is 12.0 Å². The first-order chi connectivity index (χ1) is 7.56. The number of aliphatic carboxylic acids is 1. The van der Waals surface area contributed by atoms with Gasteiger partial charge in [0, 0.05) is 21.9 Å². The number of hydrogen-bond donors (Lipinski definition) is 2. The Kier molecular flexibility index (Phi) is 4.92. The van der Waals surface area contributed by atoms with Crippen LogP contribution in [-0.2, 0) is 9.53 Å². The van der Waals surface area contributed by atoms with Crippen LogP contribution >= 0.6 is 11.3 Å². The quantitative estimate of drug-likeness (QED) is 0.750. The van der Waals surface area contributed by atoms with E-state index in [1.807, 2.05) is 19.9 Å².